The summed E-state index contributed by atoms with van der Waals surface area (Å²) in [5.74, 6) is 0. The molecule has 0 rings (SSSR count). The second-order valence-corrected chi connectivity index (χ2v) is 77.7. The van der Waals surface area contributed by atoms with E-state index < -0.39 is 211 Å². The Morgan fingerprint density at radius 2 is 0.472 bits per heavy atom. The molecular weight excluding hydrogens is 2880 g/mol. The summed E-state index contributed by atoms with van der Waals surface area (Å²) in [6.45, 7) is 0. The van der Waals surface area contributed by atoms with Gasteiger partial charge in [-0.1, -0.05) is 0 Å². The van der Waals surface area contributed by atoms with Crippen LogP contribution in [0.15, 0.2) is 0 Å². The molecule has 0 unspecified atom stereocenters. The number of hydrogen-bond acceptors (Lipinski definition) is 37. The van der Waals surface area contributed by atoms with Crippen LogP contribution < -0.4 is 11.3 Å². The van der Waals surface area contributed by atoms with Crippen molar-refractivity contribution < 1.29 is 334 Å². The molecule has 0 aliphatic rings. The molecule has 0 saturated heterocycles. The van der Waals surface area contributed by atoms with Crippen molar-refractivity contribution in [3.8, 4) is 0 Å². The topological polar surface area (TPSA) is 640 Å². The zero-order chi connectivity index (χ0) is 44.1. The van der Waals surface area contributed by atoms with E-state index in [1.165, 1.54) is 0 Å². The van der Waals surface area contributed by atoms with E-state index in [1.54, 1.807) is 0 Å². The van der Waals surface area contributed by atoms with E-state index in [-0.39, 0.29) is 0 Å². The van der Waals surface area contributed by atoms with Gasteiger partial charge in [-0.25, -0.2) is 4.57 Å². The zero-order valence-electron chi connectivity index (χ0n) is 21.8. The molecule has 0 amide bonds. The SMILES string of the molecule is O=P(O)(O)O.[O]=[W](=[O])[O][W](=[O])(=[O])[O][W](=[O])(=[O])[O][W](=[O])(=[O])[O-].[O]=[W](=[O])[O][W](=[O])(=[O])[O][W](=[O])(=[O])[O][W](=[O])(=[O])[O-].[O]=[W](=[O])[O][W](=[O])(=[O])[O][W](=[O])(=[O])[O][W](=[O])(=[O])[O-]. The van der Waals surface area contributed by atoms with Crippen molar-refractivity contribution in [3.63, 3.8) is 0 Å². The molecule has 40 nitrogen and oxygen atoms in total. The van der Waals surface area contributed by atoms with Crippen molar-refractivity contribution in [2.75, 3.05) is 0 Å². The third-order valence-corrected chi connectivity index (χ3v) is 94.9. The minimum absolute atomic E-state index is 2.95. The Morgan fingerprint density at radius 3 is 0.566 bits per heavy atom. The van der Waals surface area contributed by atoms with Crippen LogP contribution in [-0.2, 0) is 308 Å². The third kappa shape index (κ3) is 53.1. The van der Waals surface area contributed by atoms with Crippen molar-refractivity contribution in [2.24, 2.45) is 0 Å². The van der Waals surface area contributed by atoms with Crippen molar-refractivity contribution in [3.05, 3.63) is 0 Å². The Balaban J connectivity index is -0.000000318. The molecule has 53 heteroatoms. The van der Waals surface area contributed by atoms with Crippen LogP contribution in [0, 0.1) is 0 Å². The maximum atomic E-state index is 10.6. The Morgan fingerprint density at radius 1 is 0.340 bits per heavy atom. The molecule has 0 saturated carbocycles. The fraction of sp³-hybridized carbons (Fsp3) is 0. The Hall–Kier alpha value is 3.09. The first-order chi connectivity index (χ1) is 22.5. The van der Waals surface area contributed by atoms with E-state index in [0.717, 1.165) is 0 Å². The van der Waals surface area contributed by atoms with Gasteiger partial charge >= 0.3 is 323 Å². The van der Waals surface area contributed by atoms with E-state index in [4.69, 9.17) is 19.2 Å². The maximum absolute atomic E-state index is 10.6. The molecule has 0 radical (unpaired) electrons. The summed E-state index contributed by atoms with van der Waals surface area (Å²) in [6, 6.07) is 0. The summed E-state index contributed by atoms with van der Waals surface area (Å²) < 4.78 is 313. The molecule has 3 N–H and O–H groups in total. The van der Waals surface area contributed by atoms with Gasteiger partial charge in [-0.2, -0.15) is 0 Å². The zero-order valence-corrected chi connectivity index (χ0v) is 57.9. The fourth-order valence-corrected chi connectivity index (χ4v) is 92.0. The van der Waals surface area contributed by atoms with Gasteiger partial charge in [-0.3, -0.25) is 0 Å². The van der Waals surface area contributed by atoms with Crippen LogP contribution in [0.1, 0.15) is 0 Å². The molecule has 0 fully saturated rings. The van der Waals surface area contributed by atoms with Gasteiger partial charge in [0.25, 0.3) is 0 Å². The van der Waals surface area contributed by atoms with Crippen LogP contribution in [-0.4, -0.2) is 14.7 Å². The van der Waals surface area contributed by atoms with Crippen LogP contribution >= 0.6 is 7.82 Å². The number of rotatable bonds is 18. The van der Waals surface area contributed by atoms with Gasteiger partial charge in [0.1, 0.15) is 0 Å². The van der Waals surface area contributed by atoms with Gasteiger partial charge in [0, 0.05) is 0 Å². The van der Waals surface area contributed by atoms with Gasteiger partial charge < -0.3 is 14.7 Å². The summed E-state index contributed by atoms with van der Waals surface area (Å²) in [7, 11) is -4.64. The second-order valence-electron chi connectivity index (χ2n) is 5.41. The quantitative estimate of drug-likeness (QED) is 0.107. The molecule has 0 heterocycles. The van der Waals surface area contributed by atoms with Gasteiger partial charge in [0.05, 0.1) is 0 Å². The van der Waals surface area contributed by atoms with Crippen LogP contribution in [0.4, 0.5) is 0 Å². The number of hydrogen-bond donors (Lipinski definition) is 3. The normalized spacial score (nSPS) is 13.4. The molecule has 0 aromatic carbocycles. The fourth-order valence-electron chi connectivity index (χ4n) is 0.885. The van der Waals surface area contributed by atoms with Crippen LogP contribution in [0.5, 0.6) is 0 Å². The average Bonchev–Trinajstić information content (AvgIpc) is 2.60. The molecule has 0 aliphatic heterocycles. The first kappa shape index (κ1) is 62.7. The standard InChI is InChI=1S/H3O4P.36O.12W/c1-5(2,3)4;;;;;;;;;;;;;;;;;;;;;;;;;;;;;;;;;;;;;;;;;;;;;;;;/h(H3,1,2,3,4);;;;;;;;;;;;;;;;;;;;;;;;;;;;;;;;;;;;;;;;;;;;;;;;/q;;;;;;;;;;;;;;;;;;;;;;;;;;;;;;;;;;3*-1;;;;;;;;;;;;. The van der Waals surface area contributed by atoms with Crippen LogP contribution in [0.3, 0.4) is 0 Å². The van der Waals surface area contributed by atoms with Gasteiger partial charge in [-0.05, 0) is 0 Å². The summed E-state index contributed by atoms with van der Waals surface area (Å²) in [5.41, 5.74) is 0. The summed E-state index contributed by atoms with van der Waals surface area (Å²) in [4.78, 5) is 21.6. The molecule has 0 aromatic rings. The van der Waals surface area contributed by atoms with Crippen molar-refractivity contribution in [1.82, 2.24) is 0 Å². The van der Waals surface area contributed by atoms with Crippen LogP contribution in [0.2, 0.25) is 0 Å². The van der Waals surface area contributed by atoms with E-state index in [1.807, 2.05) is 0 Å². The van der Waals surface area contributed by atoms with E-state index >= 15 is 0 Å². The third-order valence-electron chi connectivity index (χ3n) is 1.42. The van der Waals surface area contributed by atoms with E-state index in [0.29, 0.717) is 0 Å². The van der Waals surface area contributed by atoms with E-state index in [9.17, 15) is 92.8 Å². The molecule has 0 aromatic heterocycles. The van der Waals surface area contributed by atoms with Gasteiger partial charge in [-0.15, -0.1) is 0 Å². The van der Waals surface area contributed by atoms with Crippen molar-refractivity contribution in [1.29, 1.82) is 0 Å². The molecule has 0 atom stereocenters. The minimum atomic E-state index is -7.04. The molecule has 53 heavy (non-hydrogen) atoms. The Bertz CT molecular complexity index is 2230. The first-order valence-electron chi connectivity index (χ1n) is 8.28. The monoisotopic (exact) mass is 2880 g/mol. The summed E-state index contributed by atoms with van der Waals surface area (Å²) >= 11 is -77.8. The molecule has 323 valence electrons. The van der Waals surface area contributed by atoms with E-state index in [2.05, 4.69) is 18.4 Å². The molecule has 0 aliphatic carbocycles. The first-order valence-corrected chi connectivity index (χ1v) is 63.7. The summed E-state index contributed by atoms with van der Waals surface area (Å²) in [5, 5.41) is 0. The Kier molecular flexibility index (Phi) is 29.0. The molecular formula is H3O40PW12-3. The van der Waals surface area contributed by atoms with Gasteiger partial charge in [0.2, 0.25) is 0 Å². The van der Waals surface area contributed by atoms with Crippen LogP contribution in [0.25, 0.3) is 0 Å². The van der Waals surface area contributed by atoms with Gasteiger partial charge in [0.15, 0.2) is 0 Å². The molecule has 0 spiro atoms. The van der Waals surface area contributed by atoms with Crippen molar-refractivity contribution in [2.45, 2.75) is 0 Å². The van der Waals surface area contributed by atoms with Crippen molar-refractivity contribution >= 4 is 7.82 Å². The predicted molar refractivity (Wildman–Crippen MR) is 40.5 cm³/mol. The summed E-state index contributed by atoms with van der Waals surface area (Å²) in [6.07, 6.45) is 0. The number of phosphoric acid groups is 1. The second kappa shape index (κ2) is 24.5. The predicted octanol–water partition coefficient (Wildman–Crippen LogP) is -7.99. The average molecular weight is 2880 g/mol. The Labute approximate surface area is 335 Å². The molecule has 0 bridgehead atoms.